The van der Waals surface area contributed by atoms with Gasteiger partial charge in [-0.1, -0.05) is 41.9 Å². The Bertz CT molecular complexity index is 1220. The molecule has 1 aliphatic heterocycles. The molecule has 7 heteroatoms. The summed E-state index contributed by atoms with van der Waals surface area (Å²) in [7, 11) is 0. The van der Waals surface area contributed by atoms with Crippen molar-refractivity contribution in [3.63, 3.8) is 0 Å². The highest BCUT2D eigenvalue weighted by Crippen LogP contribution is 2.28. The molecule has 6 nitrogen and oxygen atoms in total. The van der Waals surface area contributed by atoms with Crippen molar-refractivity contribution < 1.29 is 19.1 Å². The van der Waals surface area contributed by atoms with Crippen LogP contribution in [0.1, 0.15) is 26.3 Å². The average molecular weight is 433 g/mol. The van der Waals surface area contributed by atoms with E-state index in [4.69, 9.17) is 16.3 Å². The maximum Gasteiger partial charge on any atom is 0.262 e. The van der Waals surface area contributed by atoms with Gasteiger partial charge in [0.15, 0.2) is 12.4 Å². The Morgan fingerprint density at radius 1 is 1.03 bits per heavy atom. The van der Waals surface area contributed by atoms with Crippen LogP contribution < -0.4 is 15.4 Å². The van der Waals surface area contributed by atoms with Crippen molar-refractivity contribution in [3.05, 3.63) is 94.5 Å². The van der Waals surface area contributed by atoms with E-state index in [1.807, 2.05) is 6.07 Å². The first-order valence-corrected chi connectivity index (χ1v) is 9.82. The van der Waals surface area contributed by atoms with Crippen molar-refractivity contribution in [3.8, 4) is 5.75 Å². The second-order valence-electron chi connectivity index (χ2n) is 6.80. The summed E-state index contributed by atoms with van der Waals surface area (Å²) < 4.78 is 5.30. The Morgan fingerprint density at radius 2 is 1.87 bits per heavy atom. The molecule has 0 radical (unpaired) electrons. The summed E-state index contributed by atoms with van der Waals surface area (Å²) >= 11 is 6.07. The van der Waals surface area contributed by atoms with Crippen LogP contribution in [-0.4, -0.2) is 24.2 Å². The highest BCUT2D eigenvalue weighted by molar-refractivity contribution is 6.34. The van der Waals surface area contributed by atoms with Gasteiger partial charge in [-0.25, -0.2) is 0 Å². The van der Waals surface area contributed by atoms with Crippen molar-refractivity contribution in [1.82, 2.24) is 0 Å². The molecule has 3 aromatic carbocycles. The van der Waals surface area contributed by atoms with Crippen LogP contribution in [0.3, 0.4) is 0 Å². The molecule has 0 saturated carbocycles. The minimum absolute atomic E-state index is 0.0381. The molecule has 1 aliphatic rings. The second-order valence-corrected chi connectivity index (χ2v) is 7.21. The minimum atomic E-state index is -0.318. The summed E-state index contributed by atoms with van der Waals surface area (Å²) in [6, 6.07) is 18.8. The maximum atomic E-state index is 12.5. The zero-order chi connectivity index (χ0) is 21.8. The molecule has 0 saturated heterocycles. The number of ether oxygens (including phenoxy) is 1. The number of rotatable bonds is 5. The lowest BCUT2D eigenvalue weighted by Gasteiger charge is -2.17. The monoisotopic (exact) mass is 432 g/mol. The van der Waals surface area contributed by atoms with E-state index < -0.39 is 0 Å². The summed E-state index contributed by atoms with van der Waals surface area (Å²) in [5.74, 6) is -0.278. The smallest absolute Gasteiger partial charge is 0.262 e. The number of benzene rings is 3. The molecule has 0 spiro atoms. The number of fused-ring (bicyclic) bond motifs is 1. The van der Waals surface area contributed by atoms with E-state index in [-0.39, 0.29) is 24.2 Å². The van der Waals surface area contributed by atoms with Crippen LogP contribution in [0.4, 0.5) is 11.4 Å². The van der Waals surface area contributed by atoms with Crippen molar-refractivity contribution in [2.45, 2.75) is 0 Å². The van der Waals surface area contributed by atoms with E-state index in [1.165, 1.54) is 6.08 Å². The highest BCUT2D eigenvalue weighted by Gasteiger charge is 2.17. The number of hydrogen-bond donors (Lipinski definition) is 2. The molecule has 0 aliphatic carbocycles. The lowest BCUT2D eigenvalue weighted by molar-refractivity contribution is -0.118. The molecular weight excluding hydrogens is 416 g/mol. The average Bonchev–Trinajstić information content (AvgIpc) is 2.77. The third-order valence-corrected chi connectivity index (χ3v) is 4.92. The van der Waals surface area contributed by atoms with E-state index in [1.54, 1.807) is 66.7 Å². The number of anilines is 2. The van der Waals surface area contributed by atoms with Crippen molar-refractivity contribution in [1.29, 1.82) is 0 Å². The summed E-state index contributed by atoms with van der Waals surface area (Å²) in [4.78, 5) is 36.4. The van der Waals surface area contributed by atoms with Crippen LogP contribution in [0.2, 0.25) is 5.02 Å². The van der Waals surface area contributed by atoms with Crippen LogP contribution >= 0.6 is 11.6 Å². The van der Waals surface area contributed by atoms with Gasteiger partial charge in [-0.15, -0.1) is 0 Å². The standard InChI is InChI=1S/C24H17ClN2O4/c25-19-7-2-1-6-18(19)24(30)26-17-5-3-4-15(12-17)8-10-21(28)16-9-11-22-20(13-16)27-23(29)14-31-22/h1-13H,14H2,(H,26,30)(H,27,29)/b10-8+. The number of halogens is 1. The van der Waals surface area contributed by atoms with Gasteiger partial charge >= 0.3 is 0 Å². The topological polar surface area (TPSA) is 84.5 Å². The predicted molar refractivity (Wildman–Crippen MR) is 120 cm³/mol. The van der Waals surface area contributed by atoms with E-state index in [0.29, 0.717) is 33.3 Å². The van der Waals surface area contributed by atoms with Gasteiger partial charge in [0.25, 0.3) is 11.8 Å². The van der Waals surface area contributed by atoms with E-state index in [0.717, 1.165) is 5.56 Å². The largest absolute Gasteiger partial charge is 0.482 e. The fraction of sp³-hybridized carbons (Fsp3) is 0.0417. The zero-order valence-electron chi connectivity index (χ0n) is 16.2. The number of nitrogens with one attached hydrogen (secondary N) is 2. The molecule has 4 rings (SSSR count). The van der Waals surface area contributed by atoms with E-state index in [9.17, 15) is 14.4 Å². The normalized spacial score (nSPS) is 12.6. The number of carbonyl (C=O) groups excluding carboxylic acids is 3. The SMILES string of the molecule is O=C1COc2ccc(C(=O)/C=C/c3cccc(NC(=O)c4ccccc4Cl)c3)cc2N1. The Kier molecular flexibility index (Phi) is 5.82. The van der Waals surface area contributed by atoms with Crippen molar-refractivity contribution in [2.75, 3.05) is 17.2 Å². The minimum Gasteiger partial charge on any atom is -0.482 e. The molecule has 0 bridgehead atoms. The summed E-state index contributed by atoms with van der Waals surface area (Å²) in [6.45, 7) is -0.0381. The molecule has 31 heavy (non-hydrogen) atoms. The molecule has 0 fully saturated rings. The number of ketones is 1. The van der Waals surface area contributed by atoms with Gasteiger partial charge in [-0.3, -0.25) is 14.4 Å². The Hall–Kier alpha value is -3.90. The van der Waals surface area contributed by atoms with Crippen LogP contribution in [-0.2, 0) is 4.79 Å². The molecule has 0 aromatic heterocycles. The third kappa shape index (κ3) is 4.82. The summed E-state index contributed by atoms with van der Waals surface area (Å²) in [5.41, 5.74) is 2.58. The van der Waals surface area contributed by atoms with Crippen LogP contribution in [0, 0.1) is 0 Å². The van der Waals surface area contributed by atoms with Gasteiger partial charge in [0.2, 0.25) is 0 Å². The molecule has 1 heterocycles. The number of allylic oxidation sites excluding steroid dienone is 1. The van der Waals surface area contributed by atoms with Crippen molar-refractivity contribution >= 4 is 46.6 Å². The Balaban J connectivity index is 1.47. The van der Waals surface area contributed by atoms with Gasteiger partial charge in [0, 0.05) is 11.3 Å². The lowest BCUT2D eigenvalue weighted by Crippen LogP contribution is -2.25. The van der Waals surface area contributed by atoms with Gasteiger partial charge in [0.1, 0.15) is 5.75 Å². The van der Waals surface area contributed by atoms with Gasteiger partial charge < -0.3 is 15.4 Å². The van der Waals surface area contributed by atoms with Gasteiger partial charge in [0.05, 0.1) is 16.3 Å². The molecule has 2 N–H and O–H groups in total. The third-order valence-electron chi connectivity index (χ3n) is 4.59. The fourth-order valence-electron chi connectivity index (χ4n) is 3.07. The number of hydrogen-bond acceptors (Lipinski definition) is 4. The molecular formula is C24H17ClN2O4. The second kappa shape index (κ2) is 8.85. The summed E-state index contributed by atoms with van der Waals surface area (Å²) in [5, 5.41) is 5.85. The first-order chi connectivity index (χ1) is 15.0. The Morgan fingerprint density at radius 3 is 2.71 bits per heavy atom. The van der Waals surface area contributed by atoms with Crippen LogP contribution in [0.25, 0.3) is 6.08 Å². The van der Waals surface area contributed by atoms with Gasteiger partial charge in [-0.2, -0.15) is 0 Å². The first-order valence-electron chi connectivity index (χ1n) is 9.45. The number of amides is 2. The van der Waals surface area contributed by atoms with Gasteiger partial charge in [-0.05, 0) is 54.1 Å². The number of carbonyl (C=O) groups is 3. The first kappa shape index (κ1) is 20.4. The molecule has 3 aromatic rings. The fourth-order valence-corrected chi connectivity index (χ4v) is 3.29. The highest BCUT2D eigenvalue weighted by atomic mass is 35.5. The quantitative estimate of drug-likeness (QED) is 0.447. The van der Waals surface area contributed by atoms with Crippen molar-refractivity contribution in [2.24, 2.45) is 0 Å². The lowest BCUT2D eigenvalue weighted by atomic mass is 10.1. The van der Waals surface area contributed by atoms with Crippen LogP contribution in [0.15, 0.2) is 72.8 Å². The molecule has 2 amide bonds. The van der Waals surface area contributed by atoms with E-state index in [2.05, 4.69) is 10.6 Å². The Labute approximate surface area is 183 Å². The predicted octanol–water partition coefficient (Wildman–Crippen LogP) is 4.82. The van der Waals surface area contributed by atoms with E-state index >= 15 is 0 Å². The van der Waals surface area contributed by atoms with Crippen LogP contribution in [0.5, 0.6) is 5.75 Å². The molecule has 0 atom stereocenters. The molecule has 0 unspecified atom stereocenters. The maximum absolute atomic E-state index is 12.5. The summed E-state index contributed by atoms with van der Waals surface area (Å²) in [6.07, 6.45) is 3.09. The molecule has 154 valence electrons. The zero-order valence-corrected chi connectivity index (χ0v) is 17.0.